The van der Waals surface area contributed by atoms with Crippen LogP contribution in [0.25, 0.3) is 0 Å². The quantitative estimate of drug-likeness (QED) is 0.467. The summed E-state index contributed by atoms with van der Waals surface area (Å²) < 4.78 is 4.89. The summed E-state index contributed by atoms with van der Waals surface area (Å²) in [7, 11) is 1.42. The molecule has 0 bridgehead atoms. The van der Waals surface area contributed by atoms with Crippen molar-refractivity contribution in [3.8, 4) is 0 Å². The number of carbonyl (C=O) groups is 1. The number of methoxy groups -OCH3 is 1. The predicted molar refractivity (Wildman–Crippen MR) is 61.3 cm³/mol. The fourth-order valence-electron chi connectivity index (χ4n) is 1.17. The van der Waals surface area contributed by atoms with Crippen molar-refractivity contribution >= 4 is 34.8 Å². The molecule has 0 aliphatic carbocycles. The van der Waals surface area contributed by atoms with Crippen LogP contribution in [0.2, 0.25) is 5.02 Å². The summed E-state index contributed by atoms with van der Waals surface area (Å²) in [5.74, 6) is -0.232. The van der Waals surface area contributed by atoms with E-state index in [1.165, 1.54) is 18.9 Å². The van der Waals surface area contributed by atoms with Gasteiger partial charge in [-0.25, -0.2) is 0 Å². The molecule has 0 heterocycles. The van der Waals surface area contributed by atoms with E-state index in [2.05, 4.69) is 0 Å². The van der Waals surface area contributed by atoms with Gasteiger partial charge in [-0.1, -0.05) is 35.3 Å². The van der Waals surface area contributed by atoms with Crippen LogP contribution in [0.15, 0.2) is 24.3 Å². The molecule has 1 amide bonds. The van der Waals surface area contributed by atoms with Crippen molar-refractivity contribution in [1.82, 2.24) is 0 Å². The molecule has 5 heteroatoms. The normalized spacial score (nSPS) is 12.3. The first-order valence-electron chi connectivity index (χ1n) is 4.29. The number of halogens is 2. The number of hydrogen-bond donors (Lipinski definition) is 0. The van der Waals surface area contributed by atoms with E-state index in [0.717, 1.165) is 0 Å². The summed E-state index contributed by atoms with van der Waals surface area (Å²) in [5.41, 5.74) is -0.323. The Hall–Kier alpha value is -0.770. The number of rotatable bonds is 3. The Balaban J connectivity index is 3.10. The number of anilines is 1. The van der Waals surface area contributed by atoms with Gasteiger partial charge in [-0.2, -0.15) is 0 Å². The highest BCUT2D eigenvalue weighted by Crippen LogP contribution is 2.28. The van der Waals surface area contributed by atoms with Crippen LogP contribution in [0.3, 0.4) is 0 Å². The predicted octanol–water partition coefficient (Wildman–Crippen LogP) is 2.86. The fraction of sp³-hybridized carbons (Fsp3) is 0.300. The number of carbonyl (C=O) groups excluding carboxylic acids is 1. The molecule has 1 unspecified atom stereocenters. The molecule has 1 atom stereocenters. The fourth-order valence-corrected chi connectivity index (χ4v) is 1.64. The van der Waals surface area contributed by atoms with Gasteiger partial charge in [0, 0.05) is 14.0 Å². The van der Waals surface area contributed by atoms with Gasteiger partial charge in [0.1, 0.15) is 0 Å². The first kappa shape index (κ1) is 12.3. The van der Waals surface area contributed by atoms with Crippen molar-refractivity contribution < 1.29 is 9.53 Å². The second-order valence-electron chi connectivity index (χ2n) is 2.87. The first-order valence-corrected chi connectivity index (χ1v) is 5.10. The van der Waals surface area contributed by atoms with E-state index in [1.807, 2.05) is 0 Å². The molecular weight excluding hydrogens is 237 g/mol. The van der Waals surface area contributed by atoms with Crippen molar-refractivity contribution in [2.75, 3.05) is 12.0 Å². The average Bonchev–Trinajstić information content (AvgIpc) is 2.20. The zero-order valence-corrected chi connectivity index (χ0v) is 9.92. The highest BCUT2D eigenvalue weighted by atomic mass is 35.5. The third-order valence-electron chi connectivity index (χ3n) is 1.85. The second kappa shape index (κ2) is 5.35. The maximum atomic E-state index is 11.4. The van der Waals surface area contributed by atoms with Crippen LogP contribution in [-0.4, -0.2) is 18.7 Å². The zero-order valence-electron chi connectivity index (χ0n) is 8.41. The summed E-state index contributed by atoms with van der Waals surface area (Å²) >= 11 is 11.8. The lowest BCUT2D eigenvalue weighted by molar-refractivity contribution is -0.117. The van der Waals surface area contributed by atoms with Crippen LogP contribution in [0, 0.1) is 0 Å². The van der Waals surface area contributed by atoms with Crippen molar-refractivity contribution in [3.63, 3.8) is 0 Å². The smallest absolute Gasteiger partial charge is 0.226 e. The number of alkyl halides is 1. The van der Waals surface area contributed by atoms with E-state index >= 15 is 0 Å². The zero-order chi connectivity index (χ0) is 11.4. The standard InChI is InChI=1S/C10H11Cl2NO2/c1-7(14)13(10(12)15-2)9-6-4-3-5-8(9)11/h3-6,10H,1-2H3. The van der Waals surface area contributed by atoms with Gasteiger partial charge in [-0.3, -0.25) is 9.69 Å². The Morgan fingerprint density at radius 2 is 2.07 bits per heavy atom. The van der Waals surface area contributed by atoms with E-state index in [1.54, 1.807) is 24.3 Å². The molecule has 0 spiro atoms. The lowest BCUT2D eigenvalue weighted by Gasteiger charge is -2.25. The minimum Gasteiger partial charge on any atom is -0.348 e. The van der Waals surface area contributed by atoms with E-state index in [0.29, 0.717) is 10.7 Å². The molecule has 0 aromatic heterocycles. The van der Waals surface area contributed by atoms with Crippen LogP contribution in [0.5, 0.6) is 0 Å². The van der Waals surface area contributed by atoms with Crippen molar-refractivity contribution in [1.29, 1.82) is 0 Å². The number of nitrogens with zero attached hydrogens (tertiary/aromatic N) is 1. The Morgan fingerprint density at radius 3 is 2.53 bits per heavy atom. The van der Waals surface area contributed by atoms with Gasteiger partial charge in [-0.05, 0) is 12.1 Å². The average molecular weight is 248 g/mol. The van der Waals surface area contributed by atoms with E-state index in [9.17, 15) is 4.79 Å². The van der Waals surface area contributed by atoms with E-state index in [4.69, 9.17) is 27.9 Å². The summed E-state index contributed by atoms with van der Waals surface area (Å²) in [6.45, 7) is 1.40. The van der Waals surface area contributed by atoms with Gasteiger partial charge in [-0.15, -0.1) is 0 Å². The molecule has 0 radical (unpaired) electrons. The molecule has 1 rings (SSSR count). The topological polar surface area (TPSA) is 29.5 Å². The molecule has 0 aliphatic heterocycles. The Kier molecular flexibility index (Phi) is 4.39. The van der Waals surface area contributed by atoms with E-state index in [-0.39, 0.29) is 5.91 Å². The van der Waals surface area contributed by atoms with Crippen molar-refractivity contribution in [2.24, 2.45) is 0 Å². The maximum Gasteiger partial charge on any atom is 0.226 e. The molecule has 3 nitrogen and oxygen atoms in total. The lowest BCUT2D eigenvalue weighted by atomic mass is 10.3. The summed E-state index contributed by atoms with van der Waals surface area (Å²) in [4.78, 5) is 12.7. The van der Waals surface area contributed by atoms with Crippen LogP contribution in [0.4, 0.5) is 5.69 Å². The summed E-state index contributed by atoms with van der Waals surface area (Å²) in [5, 5.41) is 0.454. The molecule has 15 heavy (non-hydrogen) atoms. The Labute approximate surface area is 98.5 Å². The van der Waals surface area contributed by atoms with Gasteiger partial charge in [0.2, 0.25) is 11.6 Å². The lowest BCUT2D eigenvalue weighted by Crippen LogP contribution is -2.36. The molecule has 1 aromatic rings. The Morgan fingerprint density at radius 1 is 1.47 bits per heavy atom. The highest BCUT2D eigenvalue weighted by Gasteiger charge is 2.21. The van der Waals surface area contributed by atoms with E-state index < -0.39 is 5.69 Å². The molecule has 0 fully saturated rings. The summed E-state index contributed by atoms with van der Waals surface area (Å²) in [6, 6.07) is 6.95. The second-order valence-corrected chi connectivity index (χ2v) is 3.65. The number of ether oxygens (including phenoxy) is 1. The number of hydrogen-bond acceptors (Lipinski definition) is 2. The molecule has 1 aromatic carbocycles. The number of para-hydroxylation sites is 1. The maximum absolute atomic E-state index is 11.4. The van der Waals surface area contributed by atoms with Crippen LogP contribution in [-0.2, 0) is 9.53 Å². The molecule has 0 aliphatic rings. The Bertz CT molecular complexity index is 357. The van der Waals surface area contributed by atoms with Gasteiger partial charge >= 0.3 is 0 Å². The molecule has 0 saturated carbocycles. The van der Waals surface area contributed by atoms with Gasteiger partial charge < -0.3 is 4.74 Å². The number of amides is 1. The minimum absolute atomic E-state index is 0.232. The van der Waals surface area contributed by atoms with Crippen LogP contribution >= 0.6 is 23.2 Å². The SMILES string of the molecule is COC(Cl)N(C(C)=O)c1ccccc1Cl. The molecule has 0 saturated heterocycles. The summed E-state index contributed by atoms with van der Waals surface area (Å²) in [6.07, 6.45) is 0. The van der Waals surface area contributed by atoms with Gasteiger partial charge in [0.25, 0.3) is 0 Å². The molecular formula is C10H11Cl2NO2. The molecule has 0 N–H and O–H groups in total. The van der Waals surface area contributed by atoms with Crippen molar-refractivity contribution in [2.45, 2.75) is 12.6 Å². The van der Waals surface area contributed by atoms with Crippen LogP contribution < -0.4 is 4.90 Å². The third kappa shape index (κ3) is 2.84. The van der Waals surface area contributed by atoms with Gasteiger partial charge in [0.05, 0.1) is 10.7 Å². The van der Waals surface area contributed by atoms with Crippen molar-refractivity contribution in [3.05, 3.63) is 29.3 Å². The highest BCUT2D eigenvalue weighted by molar-refractivity contribution is 6.34. The monoisotopic (exact) mass is 247 g/mol. The van der Waals surface area contributed by atoms with Crippen LogP contribution in [0.1, 0.15) is 6.92 Å². The van der Waals surface area contributed by atoms with Gasteiger partial charge in [0.15, 0.2) is 0 Å². The third-order valence-corrected chi connectivity index (χ3v) is 2.54. The first-order chi connectivity index (χ1) is 7.07. The number of benzene rings is 1. The molecule has 82 valence electrons. The largest absolute Gasteiger partial charge is 0.348 e. The minimum atomic E-state index is -0.859.